The minimum Gasteiger partial charge on any atom is -0.411 e. The lowest BCUT2D eigenvalue weighted by atomic mass is 10.2. The van der Waals surface area contributed by atoms with Gasteiger partial charge in [-0.3, -0.25) is 0 Å². The van der Waals surface area contributed by atoms with Gasteiger partial charge in [0.2, 0.25) is 0 Å². The maximum Gasteiger partial charge on any atom is 0.144 e. The third-order valence-corrected chi connectivity index (χ3v) is 2.70. The van der Waals surface area contributed by atoms with E-state index in [1.807, 2.05) is 6.08 Å². The van der Waals surface area contributed by atoms with Crippen LogP contribution < -0.4 is 4.98 Å². The summed E-state index contributed by atoms with van der Waals surface area (Å²) in [4.78, 5) is 3.54. The van der Waals surface area contributed by atoms with Gasteiger partial charge in [-0.15, -0.1) is 0 Å². The smallest absolute Gasteiger partial charge is 0.144 e. The van der Waals surface area contributed by atoms with E-state index < -0.39 is 8.24 Å². The van der Waals surface area contributed by atoms with E-state index in [4.69, 9.17) is 0 Å². The van der Waals surface area contributed by atoms with Crippen LogP contribution in [0.3, 0.4) is 0 Å². The first-order valence-electron chi connectivity index (χ1n) is 4.52. The van der Waals surface area contributed by atoms with E-state index in [0.29, 0.717) is 0 Å². The number of hydrogen-bond donors (Lipinski definition) is 1. The average molecular weight is 191 g/mol. The molecule has 0 spiro atoms. The molecule has 1 nitrogen and oxygen atoms in total. The van der Waals surface area contributed by atoms with Gasteiger partial charge in [0.05, 0.1) is 0 Å². The van der Waals surface area contributed by atoms with Crippen molar-refractivity contribution in [3.05, 3.63) is 36.4 Å². The quantitative estimate of drug-likeness (QED) is 0.720. The highest BCUT2D eigenvalue weighted by Crippen LogP contribution is 2.13. The van der Waals surface area contributed by atoms with Gasteiger partial charge >= 0.3 is 0 Å². The Labute approximate surface area is 81.6 Å². The summed E-state index contributed by atoms with van der Waals surface area (Å²) < 4.78 is 0. The summed E-state index contributed by atoms with van der Waals surface area (Å²) >= 11 is 0. The molecule has 0 heterocycles. The molecule has 0 aromatic heterocycles. The molecule has 70 valence electrons. The van der Waals surface area contributed by atoms with Crippen molar-refractivity contribution in [2.24, 2.45) is 0 Å². The summed E-state index contributed by atoms with van der Waals surface area (Å²) in [5.41, 5.74) is 2.38. The molecule has 1 aromatic carbocycles. The van der Waals surface area contributed by atoms with Crippen LogP contribution in [-0.4, -0.2) is 8.24 Å². The summed E-state index contributed by atoms with van der Waals surface area (Å²) in [5.74, 6) is 0. The lowest BCUT2D eigenvalue weighted by molar-refractivity contribution is 1.56. The number of hydrogen-bond acceptors (Lipinski definition) is 1. The second-order valence-electron chi connectivity index (χ2n) is 4.20. The predicted molar refractivity (Wildman–Crippen MR) is 63.5 cm³/mol. The molecule has 0 amide bonds. The Kier molecular flexibility index (Phi) is 2.93. The molecule has 0 unspecified atom stereocenters. The molecule has 0 aliphatic heterocycles. The molecule has 0 atom stereocenters. The summed E-state index contributed by atoms with van der Waals surface area (Å²) in [7, 11) is -1.20. The van der Waals surface area contributed by atoms with Crippen LogP contribution in [0, 0.1) is 0 Å². The molecular formula is C11H17NSi. The standard InChI is InChI=1S/C11H17NSi/c1-5-10-6-8-11(9-7-10)12-13(2,3)4/h5-9,12H,1H2,2-4H3. The van der Waals surface area contributed by atoms with E-state index in [1.165, 1.54) is 11.3 Å². The average Bonchev–Trinajstić information content (AvgIpc) is 2.03. The molecule has 1 aromatic rings. The van der Waals surface area contributed by atoms with Gasteiger partial charge in [-0.2, -0.15) is 0 Å². The van der Waals surface area contributed by atoms with Gasteiger partial charge in [-0.05, 0) is 17.7 Å². The van der Waals surface area contributed by atoms with Crippen LogP contribution in [0.25, 0.3) is 6.08 Å². The van der Waals surface area contributed by atoms with E-state index in [9.17, 15) is 0 Å². The van der Waals surface area contributed by atoms with Crippen molar-refractivity contribution >= 4 is 20.0 Å². The van der Waals surface area contributed by atoms with Crippen molar-refractivity contribution in [3.8, 4) is 0 Å². The normalized spacial score (nSPS) is 11.0. The first kappa shape index (κ1) is 10.1. The van der Waals surface area contributed by atoms with Crippen molar-refractivity contribution < 1.29 is 0 Å². The molecule has 1 rings (SSSR count). The van der Waals surface area contributed by atoms with E-state index in [1.54, 1.807) is 0 Å². The first-order valence-corrected chi connectivity index (χ1v) is 8.02. The maximum atomic E-state index is 3.72. The fourth-order valence-electron chi connectivity index (χ4n) is 1.14. The number of rotatable bonds is 3. The third-order valence-electron chi connectivity index (χ3n) is 1.67. The van der Waals surface area contributed by atoms with Crippen LogP contribution in [0.5, 0.6) is 0 Å². The fraction of sp³-hybridized carbons (Fsp3) is 0.273. The maximum absolute atomic E-state index is 3.72. The minimum atomic E-state index is -1.20. The van der Waals surface area contributed by atoms with Crippen molar-refractivity contribution in [1.29, 1.82) is 0 Å². The Morgan fingerprint density at radius 1 is 1.15 bits per heavy atom. The second kappa shape index (κ2) is 3.79. The largest absolute Gasteiger partial charge is 0.411 e. The first-order chi connectivity index (χ1) is 6.01. The third kappa shape index (κ3) is 3.47. The zero-order valence-electron chi connectivity index (χ0n) is 8.59. The molecule has 0 bridgehead atoms. The topological polar surface area (TPSA) is 12.0 Å². The lowest BCUT2D eigenvalue weighted by Gasteiger charge is -2.19. The van der Waals surface area contributed by atoms with Crippen LogP contribution in [-0.2, 0) is 0 Å². The molecule has 0 aliphatic carbocycles. The molecule has 0 fully saturated rings. The highest BCUT2D eigenvalue weighted by molar-refractivity contribution is 6.79. The van der Waals surface area contributed by atoms with E-state index >= 15 is 0 Å². The summed E-state index contributed by atoms with van der Waals surface area (Å²) in [6, 6.07) is 8.37. The lowest BCUT2D eigenvalue weighted by Crippen LogP contribution is -2.32. The predicted octanol–water partition coefficient (Wildman–Crippen LogP) is 3.58. The van der Waals surface area contributed by atoms with Crippen molar-refractivity contribution in [2.75, 3.05) is 4.98 Å². The van der Waals surface area contributed by atoms with Gasteiger partial charge in [0.15, 0.2) is 0 Å². The Morgan fingerprint density at radius 3 is 2.08 bits per heavy atom. The summed E-state index contributed by atoms with van der Waals surface area (Å²) in [6.07, 6.45) is 1.86. The van der Waals surface area contributed by atoms with Crippen LogP contribution in [0.4, 0.5) is 5.69 Å². The molecular weight excluding hydrogens is 174 g/mol. The monoisotopic (exact) mass is 191 g/mol. The van der Waals surface area contributed by atoms with Crippen molar-refractivity contribution in [3.63, 3.8) is 0 Å². The number of benzene rings is 1. The van der Waals surface area contributed by atoms with Crippen LogP contribution in [0.1, 0.15) is 5.56 Å². The SMILES string of the molecule is C=Cc1ccc(N[Si](C)(C)C)cc1. The number of anilines is 1. The number of nitrogens with one attached hydrogen (secondary N) is 1. The molecule has 0 radical (unpaired) electrons. The highest BCUT2D eigenvalue weighted by Gasteiger charge is 2.11. The van der Waals surface area contributed by atoms with Crippen molar-refractivity contribution in [1.82, 2.24) is 0 Å². The van der Waals surface area contributed by atoms with Gasteiger partial charge < -0.3 is 4.98 Å². The van der Waals surface area contributed by atoms with Gasteiger partial charge in [0, 0.05) is 5.69 Å². The zero-order chi connectivity index (χ0) is 9.90. The van der Waals surface area contributed by atoms with Crippen LogP contribution in [0.15, 0.2) is 30.8 Å². The molecule has 13 heavy (non-hydrogen) atoms. The molecule has 0 saturated carbocycles. The van der Waals surface area contributed by atoms with Gasteiger partial charge in [0.1, 0.15) is 8.24 Å². The Morgan fingerprint density at radius 2 is 1.69 bits per heavy atom. The van der Waals surface area contributed by atoms with Crippen LogP contribution >= 0.6 is 0 Å². The van der Waals surface area contributed by atoms with Gasteiger partial charge in [-0.25, -0.2) is 0 Å². The Hall–Kier alpha value is -1.02. The molecule has 0 saturated heterocycles. The highest BCUT2D eigenvalue weighted by atomic mass is 28.3. The van der Waals surface area contributed by atoms with Gasteiger partial charge in [-0.1, -0.05) is 44.4 Å². The molecule has 0 aliphatic rings. The Bertz CT molecular complexity index is 282. The summed E-state index contributed by atoms with van der Waals surface area (Å²) in [5, 5.41) is 0. The molecule has 2 heteroatoms. The van der Waals surface area contributed by atoms with E-state index in [-0.39, 0.29) is 0 Å². The van der Waals surface area contributed by atoms with Crippen LogP contribution in [0.2, 0.25) is 19.6 Å². The molecule has 1 N–H and O–H groups in total. The second-order valence-corrected chi connectivity index (χ2v) is 8.95. The van der Waals surface area contributed by atoms with E-state index in [0.717, 1.165) is 0 Å². The van der Waals surface area contributed by atoms with Gasteiger partial charge in [0.25, 0.3) is 0 Å². The fourth-order valence-corrected chi connectivity index (χ4v) is 2.17. The minimum absolute atomic E-state index is 1.17. The summed E-state index contributed by atoms with van der Waals surface area (Å²) in [6.45, 7) is 10.6. The van der Waals surface area contributed by atoms with Crippen molar-refractivity contribution in [2.45, 2.75) is 19.6 Å². The van der Waals surface area contributed by atoms with E-state index in [2.05, 4.69) is 55.5 Å². The Balaban J connectivity index is 2.75. The zero-order valence-corrected chi connectivity index (χ0v) is 9.59.